The highest BCUT2D eigenvalue weighted by molar-refractivity contribution is 7.92. The van der Waals surface area contributed by atoms with E-state index in [-0.39, 0.29) is 12.6 Å². The molecule has 8 heteroatoms. The van der Waals surface area contributed by atoms with Crippen LogP contribution < -0.4 is 19.1 Å². The summed E-state index contributed by atoms with van der Waals surface area (Å²) in [6.45, 7) is 3.47. The van der Waals surface area contributed by atoms with Crippen LogP contribution in [0.4, 0.5) is 11.4 Å². The number of benzene rings is 2. The molecule has 0 aliphatic rings. The van der Waals surface area contributed by atoms with E-state index in [4.69, 9.17) is 9.47 Å². The summed E-state index contributed by atoms with van der Waals surface area (Å²) in [5, 5.41) is 2.70. The molecule has 7 nitrogen and oxygen atoms in total. The van der Waals surface area contributed by atoms with Crippen LogP contribution in [-0.2, 0) is 14.8 Å². The van der Waals surface area contributed by atoms with E-state index in [9.17, 15) is 13.2 Å². The molecule has 0 bridgehead atoms. The van der Waals surface area contributed by atoms with Crippen molar-refractivity contribution in [3.05, 3.63) is 48.5 Å². The predicted octanol–water partition coefficient (Wildman–Crippen LogP) is 2.89. The highest BCUT2D eigenvalue weighted by Crippen LogP contribution is 2.22. The lowest BCUT2D eigenvalue weighted by Crippen LogP contribution is -2.37. The number of ether oxygens (including phenoxy) is 2. The molecule has 0 aromatic heterocycles. The molecule has 1 N–H and O–H groups in total. The van der Waals surface area contributed by atoms with Gasteiger partial charge in [0.05, 0.1) is 25.2 Å². The van der Waals surface area contributed by atoms with Crippen LogP contribution in [0.1, 0.15) is 13.8 Å². The number of carbonyl (C=O) groups excluding carboxylic acids is 1. The quantitative estimate of drug-likeness (QED) is 0.747. The fraction of sp³-hybridized carbons (Fsp3) is 0.316. The largest absolute Gasteiger partial charge is 0.497 e. The number of hydrogen-bond donors (Lipinski definition) is 1. The van der Waals surface area contributed by atoms with Gasteiger partial charge in [-0.25, -0.2) is 8.42 Å². The van der Waals surface area contributed by atoms with Crippen molar-refractivity contribution in [1.29, 1.82) is 0 Å². The molecule has 0 saturated heterocycles. The molecule has 2 aromatic carbocycles. The van der Waals surface area contributed by atoms with Gasteiger partial charge in [0, 0.05) is 11.8 Å². The van der Waals surface area contributed by atoms with E-state index < -0.39 is 15.9 Å². The number of sulfonamides is 1. The Morgan fingerprint density at radius 3 is 2.33 bits per heavy atom. The maximum absolute atomic E-state index is 12.4. The van der Waals surface area contributed by atoms with Crippen molar-refractivity contribution in [2.45, 2.75) is 20.0 Å². The zero-order chi connectivity index (χ0) is 20.0. The van der Waals surface area contributed by atoms with E-state index in [1.165, 1.54) is 7.11 Å². The van der Waals surface area contributed by atoms with Gasteiger partial charge >= 0.3 is 0 Å². The van der Waals surface area contributed by atoms with Crippen LogP contribution in [0.3, 0.4) is 0 Å². The summed E-state index contributed by atoms with van der Waals surface area (Å²) in [7, 11) is -2.12. The third-order valence-electron chi connectivity index (χ3n) is 3.54. The molecule has 27 heavy (non-hydrogen) atoms. The van der Waals surface area contributed by atoms with Crippen molar-refractivity contribution in [1.82, 2.24) is 0 Å². The molecule has 1 amide bonds. The van der Waals surface area contributed by atoms with Crippen LogP contribution in [-0.4, -0.2) is 40.3 Å². The maximum Gasteiger partial charge on any atom is 0.245 e. The van der Waals surface area contributed by atoms with E-state index in [0.717, 1.165) is 10.6 Å². The summed E-state index contributed by atoms with van der Waals surface area (Å²) in [5.41, 5.74) is 0.909. The topological polar surface area (TPSA) is 84.9 Å². The minimum absolute atomic E-state index is 0.00625. The van der Waals surface area contributed by atoms with Crippen LogP contribution in [0.25, 0.3) is 0 Å². The number of nitrogens with one attached hydrogen (secondary N) is 1. The lowest BCUT2D eigenvalue weighted by molar-refractivity contribution is -0.114. The summed E-state index contributed by atoms with van der Waals surface area (Å²) in [6.07, 6.45) is 1.06. The summed E-state index contributed by atoms with van der Waals surface area (Å²) in [4.78, 5) is 12.4. The summed E-state index contributed by atoms with van der Waals surface area (Å²) in [5.74, 6) is 0.759. The fourth-order valence-corrected chi connectivity index (χ4v) is 3.26. The van der Waals surface area contributed by atoms with Gasteiger partial charge in [0.15, 0.2) is 0 Å². The Labute approximate surface area is 160 Å². The zero-order valence-corrected chi connectivity index (χ0v) is 16.6. The minimum Gasteiger partial charge on any atom is -0.497 e. The Hall–Kier alpha value is -2.74. The molecule has 0 spiro atoms. The third kappa shape index (κ3) is 6.18. The smallest absolute Gasteiger partial charge is 0.245 e. The Morgan fingerprint density at radius 1 is 1.11 bits per heavy atom. The highest BCUT2D eigenvalue weighted by Gasteiger charge is 2.21. The normalized spacial score (nSPS) is 11.1. The molecule has 0 saturated carbocycles. The average Bonchev–Trinajstić information content (AvgIpc) is 2.58. The minimum atomic E-state index is -3.64. The first-order valence-corrected chi connectivity index (χ1v) is 10.2. The van der Waals surface area contributed by atoms with Crippen molar-refractivity contribution < 1.29 is 22.7 Å². The van der Waals surface area contributed by atoms with E-state index in [1.54, 1.807) is 48.5 Å². The molecule has 0 fully saturated rings. The standard InChI is InChI=1S/C19H24N2O5S/c1-14(2)26-18-7-5-6-15(12-18)20-19(22)13-21(27(4,23)24)16-8-10-17(25-3)11-9-16/h5-12,14H,13H2,1-4H3,(H,20,22). The van der Waals surface area contributed by atoms with E-state index in [1.807, 2.05) is 13.8 Å². The zero-order valence-electron chi connectivity index (χ0n) is 15.8. The van der Waals surface area contributed by atoms with Crippen molar-refractivity contribution in [3.63, 3.8) is 0 Å². The Morgan fingerprint density at radius 2 is 1.78 bits per heavy atom. The van der Waals surface area contributed by atoms with Gasteiger partial charge in [-0.15, -0.1) is 0 Å². The number of amides is 1. The van der Waals surface area contributed by atoms with Gasteiger partial charge in [-0.3, -0.25) is 9.10 Å². The van der Waals surface area contributed by atoms with Crippen LogP contribution in [0.15, 0.2) is 48.5 Å². The van der Waals surface area contributed by atoms with Gasteiger partial charge in [-0.05, 0) is 50.2 Å². The van der Waals surface area contributed by atoms with E-state index in [2.05, 4.69) is 5.32 Å². The number of hydrogen-bond acceptors (Lipinski definition) is 5. The molecule has 0 aliphatic heterocycles. The SMILES string of the molecule is COc1ccc(N(CC(=O)Nc2cccc(OC(C)C)c2)S(C)(=O)=O)cc1. The molecular formula is C19H24N2O5S. The van der Waals surface area contributed by atoms with Crippen molar-refractivity contribution in [3.8, 4) is 11.5 Å². The third-order valence-corrected chi connectivity index (χ3v) is 4.68. The van der Waals surface area contributed by atoms with E-state index in [0.29, 0.717) is 22.9 Å². The maximum atomic E-state index is 12.4. The molecule has 0 aliphatic carbocycles. The fourth-order valence-electron chi connectivity index (χ4n) is 2.40. The molecule has 0 unspecified atom stereocenters. The number of carbonyl (C=O) groups is 1. The average molecular weight is 392 g/mol. The number of methoxy groups -OCH3 is 1. The molecule has 2 aromatic rings. The lowest BCUT2D eigenvalue weighted by atomic mass is 10.3. The molecule has 0 heterocycles. The second-order valence-corrected chi connectivity index (χ2v) is 8.12. The molecule has 0 radical (unpaired) electrons. The first kappa shape index (κ1) is 20.6. The Bertz CT molecular complexity index is 879. The Balaban J connectivity index is 2.14. The first-order chi connectivity index (χ1) is 12.7. The first-order valence-electron chi connectivity index (χ1n) is 8.37. The number of nitrogens with zero attached hydrogens (tertiary/aromatic N) is 1. The van der Waals surface area contributed by atoms with Gasteiger partial charge in [-0.2, -0.15) is 0 Å². The monoisotopic (exact) mass is 392 g/mol. The lowest BCUT2D eigenvalue weighted by Gasteiger charge is -2.22. The van der Waals surface area contributed by atoms with Crippen molar-refractivity contribution in [2.24, 2.45) is 0 Å². The molecule has 2 rings (SSSR count). The van der Waals surface area contributed by atoms with Crippen LogP contribution >= 0.6 is 0 Å². The van der Waals surface area contributed by atoms with Gasteiger partial charge in [0.2, 0.25) is 15.9 Å². The summed E-state index contributed by atoms with van der Waals surface area (Å²) < 4.78 is 36.0. The molecular weight excluding hydrogens is 368 g/mol. The van der Waals surface area contributed by atoms with Gasteiger partial charge in [0.25, 0.3) is 0 Å². The van der Waals surface area contributed by atoms with Gasteiger partial charge in [-0.1, -0.05) is 6.07 Å². The van der Waals surface area contributed by atoms with Gasteiger partial charge < -0.3 is 14.8 Å². The molecule has 0 atom stereocenters. The van der Waals surface area contributed by atoms with Crippen molar-refractivity contribution in [2.75, 3.05) is 29.5 Å². The van der Waals surface area contributed by atoms with Gasteiger partial charge in [0.1, 0.15) is 18.0 Å². The van der Waals surface area contributed by atoms with Crippen LogP contribution in [0.5, 0.6) is 11.5 Å². The molecule has 146 valence electrons. The van der Waals surface area contributed by atoms with Crippen LogP contribution in [0.2, 0.25) is 0 Å². The second-order valence-electron chi connectivity index (χ2n) is 6.21. The Kier molecular flexibility index (Phi) is 6.68. The predicted molar refractivity (Wildman–Crippen MR) is 106 cm³/mol. The second kappa shape index (κ2) is 8.77. The van der Waals surface area contributed by atoms with Crippen molar-refractivity contribution >= 4 is 27.3 Å². The summed E-state index contributed by atoms with van der Waals surface area (Å²) >= 11 is 0. The number of rotatable bonds is 8. The van der Waals surface area contributed by atoms with Crippen LogP contribution in [0, 0.1) is 0 Å². The summed E-state index contributed by atoms with van der Waals surface area (Å²) in [6, 6.07) is 13.4. The van der Waals surface area contributed by atoms with E-state index >= 15 is 0 Å². The number of anilines is 2. The highest BCUT2D eigenvalue weighted by atomic mass is 32.2.